The maximum Gasteiger partial charge on any atom is 0.312 e. The molecule has 0 fully saturated rings. The molecule has 0 heterocycles. The molecule has 0 saturated heterocycles. The van der Waals surface area contributed by atoms with E-state index in [9.17, 15) is 4.79 Å². The van der Waals surface area contributed by atoms with Gasteiger partial charge < -0.3 is 4.74 Å². The molecule has 2 heteroatoms. The van der Waals surface area contributed by atoms with Crippen molar-refractivity contribution >= 4 is 5.97 Å². The van der Waals surface area contributed by atoms with E-state index in [1.807, 2.05) is 0 Å². The Kier molecular flexibility index (Phi) is 5.82. The number of hydrogen-bond donors (Lipinski definition) is 0. The van der Waals surface area contributed by atoms with Crippen LogP contribution in [0.4, 0.5) is 0 Å². The van der Waals surface area contributed by atoms with Crippen molar-refractivity contribution in [3.05, 3.63) is 0 Å². The third-order valence-corrected chi connectivity index (χ3v) is 3.01. The summed E-state index contributed by atoms with van der Waals surface area (Å²) in [6, 6.07) is 0. The second-order valence-corrected chi connectivity index (χ2v) is 4.33. The van der Waals surface area contributed by atoms with Gasteiger partial charge in [0.05, 0.1) is 12.0 Å². The summed E-state index contributed by atoms with van der Waals surface area (Å²) in [4.78, 5) is 11.8. The molecule has 0 rings (SSSR count). The van der Waals surface area contributed by atoms with E-state index >= 15 is 0 Å². The highest BCUT2D eigenvalue weighted by Crippen LogP contribution is 2.31. The van der Waals surface area contributed by atoms with Gasteiger partial charge in [0.2, 0.25) is 0 Å². The summed E-state index contributed by atoms with van der Waals surface area (Å²) < 4.78 is 5.30. The minimum absolute atomic E-state index is 0.0151. The Morgan fingerprint density at radius 2 is 1.57 bits per heavy atom. The van der Waals surface area contributed by atoms with Crippen molar-refractivity contribution in [2.45, 2.75) is 53.9 Å². The van der Waals surface area contributed by atoms with Crippen LogP contribution in [0.2, 0.25) is 0 Å². The monoisotopic (exact) mass is 200 g/mol. The summed E-state index contributed by atoms with van der Waals surface area (Å²) in [6.45, 7) is 10.8. The van der Waals surface area contributed by atoms with E-state index < -0.39 is 0 Å². The molecule has 0 amide bonds. The normalized spacial score (nSPS) is 11.9. The average Bonchev–Trinajstić information content (AvgIpc) is 2.18. The Bertz CT molecular complexity index is 161. The molecule has 0 saturated carbocycles. The van der Waals surface area contributed by atoms with Gasteiger partial charge in [0.1, 0.15) is 0 Å². The Balaban J connectivity index is 4.29. The van der Waals surface area contributed by atoms with Gasteiger partial charge in [-0.3, -0.25) is 4.79 Å². The Labute approximate surface area is 88.0 Å². The van der Waals surface area contributed by atoms with Crippen LogP contribution in [-0.2, 0) is 9.53 Å². The van der Waals surface area contributed by atoms with Crippen LogP contribution >= 0.6 is 0 Å². The molecule has 0 aromatic carbocycles. The summed E-state index contributed by atoms with van der Waals surface area (Å²) >= 11 is 0. The number of hydrogen-bond acceptors (Lipinski definition) is 2. The Morgan fingerprint density at radius 1 is 1.14 bits per heavy atom. The topological polar surface area (TPSA) is 26.3 Å². The molecule has 0 aromatic heterocycles. The standard InChI is InChI=1S/C12H24O2/c1-6-12(7-2,8-3)11(13)14-9-10(4)5/h10H,6-9H2,1-5H3. The molecular weight excluding hydrogens is 176 g/mol. The van der Waals surface area contributed by atoms with Crippen LogP contribution in [0.3, 0.4) is 0 Å². The molecule has 0 atom stereocenters. The molecular formula is C12H24O2. The van der Waals surface area contributed by atoms with Crippen molar-refractivity contribution < 1.29 is 9.53 Å². The third kappa shape index (κ3) is 3.32. The predicted molar refractivity (Wildman–Crippen MR) is 59.1 cm³/mol. The maximum absolute atomic E-state index is 11.8. The van der Waals surface area contributed by atoms with E-state index in [1.54, 1.807) is 0 Å². The molecule has 0 unspecified atom stereocenters. The van der Waals surface area contributed by atoms with Crippen molar-refractivity contribution in [3.63, 3.8) is 0 Å². The first-order valence-corrected chi connectivity index (χ1v) is 5.69. The first-order valence-electron chi connectivity index (χ1n) is 5.69. The molecule has 84 valence electrons. The number of carbonyl (C=O) groups excluding carboxylic acids is 1. The zero-order chi connectivity index (χ0) is 11.2. The van der Waals surface area contributed by atoms with E-state index in [-0.39, 0.29) is 11.4 Å². The van der Waals surface area contributed by atoms with Crippen LogP contribution in [-0.4, -0.2) is 12.6 Å². The summed E-state index contributed by atoms with van der Waals surface area (Å²) in [5.41, 5.74) is -0.241. The second kappa shape index (κ2) is 6.05. The Morgan fingerprint density at radius 3 is 1.86 bits per heavy atom. The SMILES string of the molecule is CCC(CC)(CC)C(=O)OCC(C)C. The number of carbonyl (C=O) groups is 1. The lowest BCUT2D eigenvalue weighted by Gasteiger charge is -2.28. The summed E-state index contributed by atoms with van der Waals surface area (Å²) in [5.74, 6) is 0.404. The highest BCUT2D eigenvalue weighted by Gasteiger charge is 2.34. The fourth-order valence-corrected chi connectivity index (χ4v) is 1.58. The molecule has 0 aliphatic heterocycles. The lowest BCUT2D eigenvalue weighted by molar-refractivity contribution is -0.158. The number of esters is 1. The molecule has 0 spiro atoms. The van der Waals surface area contributed by atoms with Crippen LogP contribution in [0.1, 0.15) is 53.9 Å². The van der Waals surface area contributed by atoms with Crippen LogP contribution in [0, 0.1) is 11.3 Å². The van der Waals surface area contributed by atoms with Crippen molar-refractivity contribution in [2.24, 2.45) is 11.3 Å². The van der Waals surface area contributed by atoms with E-state index in [1.165, 1.54) is 0 Å². The van der Waals surface area contributed by atoms with Gasteiger partial charge >= 0.3 is 5.97 Å². The van der Waals surface area contributed by atoms with Crippen molar-refractivity contribution in [1.82, 2.24) is 0 Å². The highest BCUT2D eigenvalue weighted by atomic mass is 16.5. The summed E-state index contributed by atoms with van der Waals surface area (Å²) in [6.07, 6.45) is 2.62. The van der Waals surface area contributed by atoms with Crippen molar-refractivity contribution in [3.8, 4) is 0 Å². The number of ether oxygens (including phenoxy) is 1. The van der Waals surface area contributed by atoms with Crippen LogP contribution < -0.4 is 0 Å². The smallest absolute Gasteiger partial charge is 0.312 e. The summed E-state index contributed by atoms with van der Waals surface area (Å²) in [5, 5.41) is 0. The minimum Gasteiger partial charge on any atom is -0.465 e. The molecule has 0 bridgehead atoms. The van der Waals surface area contributed by atoms with Gasteiger partial charge in [-0.2, -0.15) is 0 Å². The molecule has 14 heavy (non-hydrogen) atoms. The lowest BCUT2D eigenvalue weighted by atomic mass is 9.80. The largest absolute Gasteiger partial charge is 0.465 e. The van der Waals surface area contributed by atoms with Crippen LogP contribution in [0.5, 0.6) is 0 Å². The van der Waals surface area contributed by atoms with E-state index in [0.717, 1.165) is 19.3 Å². The number of rotatable bonds is 6. The van der Waals surface area contributed by atoms with Gasteiger partial charge in [-0.15, -0.1) is 0 Å². The quantitative estimate of drug-likeness (QED) is 0.614. The van der Waals surface area contributed by atoms with Gasteiger partial charge in [0, 0.05) is 0 Å². The van der Waals surface area contributed by atoms with Crippen molar-refractivity contribution in [1.29, 1.82) is 0 Å². The van der Waals surface area contributed by atoms with Gasteiger partial charge in [-0.05, 0) is 25.2 Å². The van der Waals surface area contributed by atoms with Crippen molar-refractivity contribution in [2.75, 3.05) is 6.61 Å². The molecule has 0 N–H and O–H groups in total. The zero-order valence-corrected chi connectivity index (χ0v) is 10.2. The Hall–Kier alpha value is -0.530. The highest BCUT2D eigenvalue weighted by molar-refractivity contribution is 5.76. The fourth-order valence-electron chi connectivity index (χ4n) is 1.58. The van der Waals surface area contributed by atoms with E-state index in [4.69, 9.17) is 4.74 Å². The van der Waals surface area contributed by atoms with Gasteiger partial charge in [-0.25, -0.2) is 0 Å². The minimum atomic E-state index is -0.241. The van der Waals surface area contributed by atoms with Gasteiger partial charge in [0.25, 0.3) is 0 Å². The molecule has 0 aliphatic carbocycles. The predicted octanol–water partition coefficient (Wildman–Crippen LogP) is 3.40. The zero-order valence-electron chi connectivity index (χ0n) is 10.2. The van der Waals surface area contributed by atoms with Gasteiger partial charge in [0.15, 0.2) is 0 Å². The molecule has 2 nitrogen and oxygen atoms in total. The van der Waals surface area contributed by atoms with Crippen LogP contribution in [0.15, 0.2) is 0 Å². The maximum atomic E-state index is 11.8. The average molecular weight is 200 g/mol. The van der Waals surface area contributed by atoms with E-state index in [2.05, 4.69) is 34.6 Å². The fraction of sp³-hybridized carbons (Fsp3) is 0.917. The molecule has 0 radical (unpaired) electrons. The van der Waals surface area contributed by atoms with E-state index in [0.29, 0.717) is 12.5 Å². The first-order chi connectivity index (χ1) is 6.52. The first kappa shape index (κ1) is 13.5. The van der Waals surface area contributed by atoms with Crippen LogP contribution in [0.25, 0.3) is 0 Å². The lowest BCUT2D eigenvalue weighted by Crippen LogP contribution is -2.32. The van der Waals surface area contributed by atoms with Gasteiger partial charge in [-0.1, -0.05) is 34.6 Å². The third-order valence-electron chi connectivity index (χ3n) is 3.01. The summed E-state index contributed by atoms with van der Waals surface area (Å²) in [7, 11) is 0. The second-order valence-electron chi connectivity index (χ2n) is 4.33. The molecule has 0 aliphatic rings. The molecule has 0 aromatic rings.